The summed E-state index contributed by atoms with van der Waals surface area (Å²) in [4.78, 5) is 11.1. The highest BCUT2D eigenvalue weighted by Crippen LogP contribution is 2.26. The van der Waals surface area contributed by atoms with Crippen molar-refractivity contribution >= 4 is 44.1 Å². The van der Waals surface area contributed by atoms with Crippen LogP contribution in [0.3, 0.4) is 0 Å². The Morgan fingerprint density at radius 1 is 1.19 bits per heavy atom. The predicted molar refractivity (Wildman–Crippen MR) is 119 cm³/mol. The summed E-state index contributed by atoms with van der Waals surface area (Å²) in [5.41, 5.74) is 3.15. The molecule has 2 heterocycles. The van der Waals surface area contributed by atoms with E-state index in [2.05, 4.69) is 31.7 Å². The van der Waals surface area contributed by atoms with Gasteiger partial charge in [-0.05, 0) is 48.4 Å². The molecule has 0 saturated carbocycles. The lowest BCUT2D eigenvalue weighted by molar-refractivity contribution is 0.597. The average molecular weight is 451 g/mol. The number of halogens is 1. The topological polar surface area (TPSA) is 150 Å². The molecule has 0 aliphatic heterocycles. The largest absolute Gasteiger partial charge is 0.361 e. The molecule has 0 fully saturated rings. The number of nitriles is 1. The molecule has 2 aromatic heterocycles. The molecule has 0 unspecified atom stereocenters. The lowest BCUT2D eigenvalue weighted by Crippen LogP contribution is -2.14. The van der Waals surface area contributed by atoms with E-state index < -0.39 is 15.8 Å². The number of primary sulfonamides is 1. The molecule has 0 atom stereocenters. The number of H-pyrrole nitrogens is 1. The molecule has 0 saturated heterocycles. The second kappa shape index (κ2) is 8.26. The molecule has 0 aliphatic carbocycles. The van der Waals surface area contributed by atoms with Crippen molar-refractivity contribution in [2.24, 2.45) is 5.14 Å². The SMILES string of the molecule is Cc1ccc(Nc2ncc(F)c(Nc3ccc4[nH]cc(CC#N)c4c3)n2)cc1S(N)(=O)=O. The fourth-order valence-corrected chi connectivity index (χ4v) is 4.06. The van der Waals surface area contributed by atoms with Crippen LogP contribution in [0.15, 0.2) is 53.7 Å². The van der Waals surface area contributed by atoms with Crippen molar-refractivity contribution < 1.29 is 12.8 Å². The highest BCUT2D eigenvalue weighted by Gasteiger charge is 2.14. The third-order valence-corrected chi connectivity index (χ3v) is 5.85. The molecular formula is C21H18FN7O2S. The number of hydrogen-bond donors (Lipinski definition) is 4. The molecular weight excluding hydrogens is 433 g/mol. The van der Waals surface area contributed by atoms with Gasteiger partial charge >= 0.3 is 0 Å². The number of benzene rings is 2. The van der Waals surface area contributed by atoms with Gasteiger partial charge in [0.05, 0.1) is 23.6 Å². The van der Waals surface area contributed by atoms with Crippen LogP contribution >= 0.6 is 0 Å². The van der Waals surface area contributed by atoms with E-state index in [1.165, 1.54) is 6.07 Å². The number of aromatic amines is 1. The van der Waals surface area contributed by atoms with Gasteiger partial charge in [-0.1, -0.05) is 6.07 Å². The lowest BCUT2D eigenvalue weighted by atomic mass is 10.1. The summed E-state index contributed by atoms with van der Waals surface area (Å²) < 4.78 is 37.8. The summed E-state index contributed by atoms with van der Waals surface area (Å²) >= 11 is 0. The Kier molecular flexibility index (Phi) is 5.48. The van der Waals surface area contributed by atoms with Crippen LogP contribution < -0.4 is 15.8 Å². The number of nitrogens with zero attached hydrogens (tertiary/aromatic N) is 3. The van der Waals surface area contributed by atoms with Crippen molar-refractivity contribution in [3.05, 3.63) is 65.7 Å². The number of anilines is 4. The minimum atomic E-state index is -3.90. The summed E-state index contributed by atoms with van der Waals surface area (Å²) in [5, 5.41) is 20.8. The maximum Gasteiger partial charge on any atom is 0.238 e. The van der Waals surface area contributed by atoms with Gasteiger partial charge < -0.3 is 15.6 Å². The quantitative estimate of drug-likeness (QED) is 0.350. The van der Waals surface area contributed by atoms with Crippen LogP contribution in [0.5, 0.6) is 0 Å². The Bertz CT molecular complexity index is 1480. The molecule has 0 radical (unpaired) electrons. The Hall–Kier alpha value is -4.01. The van der Waals surface area contributed by atoms with E-state index in [1.807, 2.05) is 6.07 Å². The second-order valence-corrected chi connectivity index (χ2v) is 8.60. The molecule has 162 valence electrons. The molecule has 0 aliphatic rings. The molecule has 11 heteroatoms. The molecule has 0 amide bonds. The van der Waals surface area contributed by atoms with Crippen molar-refractivity contribution in [2.45, 2.75) is 18.2 Å². The van der Waals surface area contributed by atoms with Crippen molar-refractivity contribution in [1.82, 2.24) is 15.0 Å². The Labute approximate surface area is 183 Å². The fourth-order valence-electron chi connectivity index (χ4n) is 3.25. The lowest BCUT2D eigenvalue weighted by Gasteiger charge is -2.11. The highest BCUT2D eigenvalue weighted by molar-refractivity contribution is 7.89. The molecule has 0 spiro atoms. The molecule has 4 aromatic rings. The summed E-state index contributed by atoms with van der Waals surface area (Å²) in [6, 6.07) is 12.1. The Balaban J connectivity index is 1.62. The smallest absolute Gasteiger partial charge is 0.238 e. The molecule has 2 aromatic carbocycles. The first kappa shape index (κ1) is 21.2. The third-order valence-electron chi connectivity index (χ3n) is 4.79. The number of hydrogen-bond acceptors (Lipinski definition) is 7. The Morgan fingerprint density at radius 3 is 2.69 bits per heavy atom. The van der Waals surface area contributed by atoms with Crippen LogP contribution in [0.25, 0.3) is 10.9 Å². The van der Waals surface area contributed by atoms with Crippen molar-refractivity contribution in [3.63, 3.8) is 0 Å². The van der Waals surface area contributed by atoms with Gasteiger partial charge in [0.2, 0.25) is 16.0 Å². The van der Waals surface area contributed by atoms with Crippen LogP contribution in [-0.4, -0.2) is 23.4 Å². The van der Waals surface area contributed by atoms with Gasteiger partial charge in [-0.2, -0.15) is 10.2 Å². The molecule has 4 rings (SSSR count). The van der Waals surface area contributed by atoms with Crippen molar-refractivity contribution in [2.75, 3.05) is 10.6 Å². The van der Waals surface area contributed by atoms with E-state index in [0.717, 1.165) is 22.7 Å². The van der Waals surface area contributed by atoms with Gasteiger partial charge in [-0.25, -0.2) is 22.9 Å². The number of nitrogens with two attached hydrogens (primary N) is 1. The summed E-state index contributed by atoms with van der Waals surface area (Å²) in [6.07, 6.45) is 3.02. The summed E-state index contributed by atoms with van der Waals surface area (Å²) in [7, 11) is -3.90. The van der Waals surface area contributed by atoms with E-state index in [-0.39, 0.29) is 23.1 Å². The van der Waals surface area contributed by atoms with Crippen LogP contribution in [0.1, 0.15) is 11.1 Å². The molecule has 0 bridgehead atoms. The van der Waals surface area contributed by atoms with E-state index in [1.54, 1.807) is 37.4 Å². The van der Waals surface area contributed by atoms with Gasteiger partial charge in [0.25, 0.3) is 0 Å². The van der Waals surface area contributed by atoms with Gasteiger partial charge in [0.1, 0.15) is 0 Å². The second-order valence-electron chi connectivity index (χ2n) is 7.07. The number of aromatic nitrogens is 3. The first-order valence-electron chi connectivity index (χ1n) is 9.41. The summed E-state index contributed by atoms with van der Waals surface area (Å²) in [5.74, 6) is -0.680. The zero-order valence-electron chi connectivity index (χ0n) is 16.8. The Morgan fingerprint density at radius 2 is 1.94 bits per heavy atom. The van der Waals surface area contributed by atoms with E-state index >= 15 is 0 Å². The van der Waals surface area contributed by atoms with Crippen LogP contribution in [0, 0.1) is 24.1 Å². The van der Waals surface area contributed by atoms with Crippen LogP contribution in [0.4, 0.5) is 27.5 Å². The normalized spacial score (nSPS) is 11.3. The van der Waals surface area contributed by atoms with E-state index in [4.69, 9.17) is 10.4 Å². The van der Waals surface area contributed by atoms with Crippen molar-refractivity contribution in [1.29, 1.82) is 5.26 Å². The maximum absolute atomic E-state index is 14.4. The standard InChI is InChI=1S/C21H18FN7O2S/c1-12-2-3-15(9-19(12)32(24,30)31)28-21-26-11-17(22)20(29-21)27-14-4-5-18-16(8-14)13(6-7-23)10-25-18/h2-5,8-11,25H,6H2,1H3,(H2,24,30,31)(H2,26,27,28,29). The predicted octanol–water partition coefficient (Wildman–Crippen LogP) is 3.61. The van der Waals surface area contributed by atoms with Crippen LogP contribution in [0.2, 0.25) is 0 Å². The molecule has 5 N–H and O–H groups in total. The van der Waals surface area contributed by atoms with Gasteiger partial charge in [-0.3, -0.25) is 0 Å². The fraction of sp³-hybridized carbons (Fsp3) is 0.0952. The number of nitrogens with one attached hydrogen (secondary N) is 3. The number of aryl methyl sites for hydroxylation is 1. The average Bonchev–Trinajstić information content (AvgIpc) is 3.13. The van der Waals surface area contributed by atoms with E-state index in [0.29, 0.717) is 16.9 Å². The first-order chi connectivity index (χ1) is 15.2. The highest BCUT2D eigenvalue weighted by atomic mass is 32.2. The number of rotatable bonds is 6. The third kappa shape index (κ3) is 4.36. The minimum absolute atomic E-state index is 0.0315. The maximum atomic E-state index is 14.4. The van der Waals surface area contributed by atoms with Gasteiger partial charge in [0, 0.05) is 28.5 Å². The first-order valence-corrected chi connectivity index (χ1v) is 11.0. The molecule has 9 nitrogen and oxygen atoms in total. The summed E-state index contributed by atoms with van der Waals surface area (Å²) in [6.45, 7) is 1.63. The molecule has 32 heavy (non-hydrogen) atoms. The van der Waals surface area contributed by atoms with Crippen LogP contribution in [-0.2, 0) is 16.4 Å². The zero-order valence-corrected chi connectivity index (χ0v) is 17.7. The monoisotopic (exact) mass is 451 g/mol. The number of fused-ring (bicyclic) bond motifs is 1. The van der Waals surface area contributed by atoms with Gasteiger partial charge in [-0.15, -0.1) is 0 Å². The minimum Gasteiger partial charge on any atom is -0.361 e. The van der Waals surface area contributed by atoms with E-state index in [9.17, 15) is 12.8 Å². The van der Waals surface area contributed by atoms with Crippen molar-refractivity contribution in [3.8, 4) is 6.07 Å². The van der Waals surface area contributed by atoms with Gasteiger partial charge in [0.15, 0.2) is 11.6 Å². The zero-order chi connectivity index (χ0) is 22.9. The number of sulfonamides is 1.